The first-order valence-electron chi connectivity index (χ1n) is 5.27. The normalized spacial score (nSPS) is 13.8. The van der Waals surface area contributed by atoms with Crippen molar-refractivity contribution >= 4 is 10.0 Å². The van der Waals surface area contributed by atoms with Gasteiger partial charge in [0.15, 0.2) is 0 Å². The Balaban J connectivity index is 2.62. The number of nitrogens with two attached hydrogens (primary N) is 1. The molecule has 0 fully saturated rings. The second-order valence-corrected chi connectivity index (χ2v) is 5.54. The van der Waals surface area contributed by atoms with Crippen LogP contribution in [0.4, 0.5) is 0 Å². The van der Waals surface area contributed by atoms with Crippen LogP contribution in [0, 0.1) is 5.92 Å². The lowest BCUT2D eigenvalue weighted by molar-refractivity contribution is 0.161. The van der Waals surface area contributed by atoms with Gasteiger partial charge in [-0.2, -0.15) is 0 Å². The van der Waals surface area contributed by atoms with Gasteiger partial charge in [-0.15, -0.1) is 0 Å². The standard InChI is InChI=1S/C10H18N2O4S/c1-8(7-15-2)6-12-17(13,14)10-4-3-9(5-11)16-10/h3-4,8,12H,5-7,11H2,1-2H3. The van der Waals surface area contributed by atoms with Crippen molar-refractivity contribution in [1.82, 2.24) is 4.72 Å². The Labute approximate surface area is 101 Å². The fourth-order valence-electron chi connectivity index (χ4n) is 1.28. The van der Waals surface area contributed by atoms with Crippen LogP contribution < -0.4 is 10.5 Å². The molecule has 6 nitrogen and oxygen atoms in total. The first-order valence-corrected chi connectivity index (χ1v) is 6.75. The van der Waals surface area contributed by atoms with E-state index in [0.717, 1.165) is 0 Å². The minimum Gasteiger partial charge on any atom is -0.447 e. The third kappa shape index (κ3) is 4.12. The Morgan fingerprint density at radius 2 is 2.24 bits per heavy atom. The summed E-state index contributed by atoms with van der Waals surface area (Å²) in [6.45, 7) is 2.86. The van der Waals surface area contributed by atoms with Gasteiger partial charge in [0, 0.05) is 20.3 Å². The highest BCUT2D eigenvalue weighted by atomic mass is 32.2. The summed E-state index contributed by atoms with van der Waals surface area (Å²) in [5.74, 6) is 0.536. The van der Waals surface area contributed by atoms with Crippen molar-refractivity contribution in [3.05, 3.63) is 17.9 Å². The van der Waals surface area contributed by atoms with E-state index < -0.39 is 10.0 Å². The fourth-order valence-corrected chi connectivity index (χ4v) is 2.39. The van der Waals surface area contributed by atoms with E-state index >= 15 is 0 Å². The molecule has 1 unspecified atom stereocenters. The highest BCUT2D eigenvalue weighted by Crippen LogP contribution is 2.13. The molecule has 0 amide bonds. The van der Waals surface area contributed by atoms with Crippen molar-refractivity contribution in [2.45, 2.75) is 18.6 Å². The molecule has 0 aliphatic carbocycles. The number of rotatable bonds is 7. The molecule has 3 N–H and O–H groups in total. The van der Waals surface area contributed by atoms with Crippen molar-refractivity contribution in [3.8, 4) is 0 Å². The Kier molecular flexibility index (Phi) is 5.13. The smallest absolute Gasteiger partial charge is 0.273 e. The molecular weight excluding hydrogens is 244 g/mol. The molecule has 0 radical (unpaired) electrons. The van der Waals surface area contributed by atoms with Crippen LogP contribution in [0.3, 0.4) is 0 Å². The number of nitrogens with one attached hydrogen (secondary N) is 1. The van der Waals surface area contributed by atoms with E-state index in [0.29, 0.717) is 18.9 Å². The van der Waals surface area contributed by atoms with E-state index in [9.17, 15) is 8.42 Å². The summed E-state index contributed by atoms with van der Waals surface area (Å²) in [6, 6.07) is 2.94. The number of hydrogen-bond donors (Lipinski definition) is 2. The van der Waals surface area contributed by atoms with Gasteiger partial charge in [-0.1, -0.05) is 6.92 Å². The summed E-state index contributed by atoms with van der Waals surface area (Å²) in [6.07, 6.45) is 0. The van der Waals surface area contributed by atoms with Gasteiger partial charge in [-0.05, 0) is 18.1 Å². The maximum absolute atomic E-state index is 11.8. The van der Waals surface area contributed by atoms with E-state index in [1.165, 1.54) is 6.07 Å². The topological polar surface area (TPSA) is 94.6 Å². The third-order valence-electron chi connectivity index (χ3n) is 2.18. The zero-order chi connectivity index (χ0) is 12.9. The predicted molar refractivity (Wildman–Crippen MR) is 62.8 cm³/mol. The minimum atomic E-state index is -3.59. The average Bonchev–Trinajstić information content (AvgIpc) is 2.76. The average molecular weight is 262 g/mol. The summed E-state index contributed by atoms with van der Waals surface area (Å²) in [7, 11) is -2.02. The first-order chi connectivity index (χ1) is 7.99. The lowest BCUT2D eigenvalue weighted by Crippen LogP contribution is -2.29. The lowest BCUT2D eigenvalue weighted by atomic mass is 10.2. The molecule has 1 aromatic rings. The molecule has 0 aromatic carbocycles. The SMILES string of the molecule is COCC(C)CNS(=O)(=O)c1ccc(CN)o1. The summed E-state index contributed by atoms with van der Waals surface area (Å²) in [5.41, 5.74) is 5.34. The molecule has 0 aliphatic heterocycles. The summed E-state index contributed by atoms with van der Waals surface area (Å²) in [5, 5.41) is -0.109. The maximum atomic E-state index is 11.8. The summed E-state index contributed by atoms with van der Waals surface area (Å²) < 4.78 is 36.0. The number of sulfonamides is 1. The van der Waals surface area contributed by atoms with Gasteiger partial charge < -0.3 is 14.9 Å². The molecule has 1 rings (SSSR count). The van der Waals surface area contributed by atoms with Crippen molar-refractivity contribution in [3.63, 3.8) is 0 Å². The Morgan fingerprint density at radius 3 is 2.76 bits per heavy atom. The van der Waals surface area contributed by atoms with Gasteiger partial charge in [0.25, 0.3) is 10.0 Å². The molecule has 7 heteroatoms. The fraction of sp³-hybridized carbons (Fsp3) is 0.600. The summed E-state index contributed by atoms with van der Waals surface area (Å²) >= 11 is 0. The highest BCUT2D eigenvalue weighted by Gasteiger charge is 2.19. The van der Waals surface area contributed by atoms with Crippen LogP contribution in [0.2, 0.25) is 0 Å². The van der Waals surface area contributed by atoms with Crippen molar-refractivity contribution < 1.29 is 17.6 Å². The minimum absolute atomic E-state index is 0.0960. The zero-order valence-corrected chi connectivity index (χ0v) is 10.8. The lowest BCUT2D eigenvalue weighted by Gasteiger charge is -2.10. The molecule has 98 valence electrons. The second-order valence-electron chi connectivity index (χ2n) is 3.84. The second kappa shape index (κ2) is 6.15. The van der Waals surface area contributed by atoms with Gasteiger partial charge in [-0.3, -0.25) is 0 Å². The quantitative estimate of drug-likeness (QED) is 0.737. The highest BCUT2D eigenvalue weighted by molar-refractivity contribution is 7.89. The van der Waals surface area contributed by atoms with E-state index in [4.69, 9.17) is 14.9 Å². The number of furan rings is 1. The van der Waals surface area contributed by atoms with Gasteiger partial charge in [0.2, 0.25) is 5.09 Å². The van der Waals surface area contributed by atoms with Crippen LogP contribution >= 0.6 is 0 Å². The molecule has 0 aliphatic rings. The van der Waals surface area contributed by atoms with Gasteiger partial charge in [0.1, 0.15) is 5.76 Å². The van der Waals surface area contributed by atoms with E-state index in [1.54, 1.807) is 13.2 Å². The predicted octanol–water partition coefficient (Wildman–Crippen LogP) is 0.299. The molecule has 1 aromatic heterocycles. The zero-order valence-electron chi connectivity index (χ0n) is 9.97. The maximum Gasteiger partial charge on any atom is 0.273 e. The van der Waals surface area contributed by atoms with Crippen LogP contribution in [0.15, 0.2) is 21.6 Å². The number of hydrogen-bond acceptors (Lipinski definition) is 5. The van der Waals surface area contributed by atoms with E-state index in [-0.39, 0.29) is 17.6 Å². The first kappa shape index (κ1) is 14.2. The molecule has 0 saturated carbocycles. The Bertz CT molecular complexity index is 441. The van der Waals surface area contributed by atoms with Crippen LogP contribution in [-0.2, 0) is 21.3 Å². The third-order valence-corrected chi connectivity index (χ3v) is 3.47. The molecular formula is C10H18N2O4S. The molecule has 0 spiro atoms. The van der Waals surface area contributed by atoms with Crippen LogP contribution in [0.5, 0.6) is 0 Å². The van der Waals surface area contributed by atoms with Crippen LogP contribution in [-0.4, -0.2) is 28.7 Å². The van der Waals surface area contributed by atoms with Gasteiger partial charge in [-0.25, -0.2) is 13.1 Å². The Morgan fingerprint density at radius 1 is 1.53 bits per heavy atom. The van der Waals surface area contributed by atoms with Crippen molar-refractivity contribution in [1.29, 1.82) is 0 Å². The molecule has 17 heavy (non-hydrogen) atoms. The van der Waals surface area contributed by atoms with Crippen molar-refractivity contribution in [2.24, 2.45) is 11.7 Å². The monoisotopic (exact) mass is 262 g/mol. The van der Waals surface area contributed by atoms with E-state index in [2.05, 4.69) is 4.72 Å². The van der Waals surface area contributed by atoms with Crippen LogP contribution in [0.25, 0.3) is 0 Å². The Hall–Kier alpha value is -0.890. The van der Waals surface area contributed by atoms with E-state index in [1.807, 2.05) is 6.92 Å². The van der Waals surface area contributed by atoms with Gasteiger partial charge >= 0.3 is 0 Å². The van der Waals surface area contributed by atoms with Crippen molar-refractivity contribution in [2.75, 3.05) is 20.3 Å². The van der Waals surface area contributed by atoms with Gasteiger partial charge in [0.05, 0.1) is 6.54 Å². The molecule has 0 saturated heterocycles. The largest absolute Gasteiger partial charge is 0.447 e. The number of ether oxygens (including phenoxy) is 1. The summed E-state index contributed by atoms with van der Waals surface area (Å²) in [4.78, 5) is 0. The molecule has 1 atom stereocenters. The van der Waals surface area contributed by atoms with Crippen LogP contribution in [0.1, 0.15) is 12.7 Å². The number of methoxy groups -OCH3 is 1. The molecule has 0 bridgehead atoms. The molecule has 1 heterocycles.